The first-order chi connectivity index (χ1) is 15.1. The van der Waals surface area contributed by atoms with E-state index in [9.17, 15) is 14.3 Å². The fourth-order valence-electron chi connectivity index (χ4n) is 3.83. The highest BCUT2D eigenvalue weighted by Gasteiger charge is 2.32. The van der Waals surface area contributed by atoms with Crippen LogP contribution in [0.15, 0.2) is 60.8 Å². The molecule has 0 radical (unpaired) electrons. The number of aromatic nitrogens is 3. The Morgan fingerprint density at radius 2 is 1.94 bits per heavy atom. The Hall–Kier alpha value is -3.10. The Kier molecular flexibility index (Phi) is 6.69. The van der Waals surface area contributed by atoms with Gasteiger partial charge in [0.15, 0.2) is 0 Å². The highest BCUT2D eigenvalue weighted by molar-refractivity contribution is 5.94. The number of carbonyl (C=O) groups is 1. The van der Waals surface area contributed by atoms with Crippen LogP contribution in [0.25, 0.3) is 11.3 Å². The molecule has 3 atom stereocenters. The molecule has 2 N–H and O–H groups in total. The monoisotopic (exact) mass is 424 g/mol. The van der Waals surface area contributed by atoms with Gasteiger partial charge in [0.1, 0.15) is 17.6 Å². The molecular formula is C23H25FN4O3. The third kappa shape index (κ3) is 5.15. The first-order valence-corrected chi connectivity index (χ1v) is 10.4. The molecule has 7 nitrogen and oxygen atoms in total. The molecular weight excluding hydrogens is 399 g/mol. The number of hydrogen-bond acceptors (Lipinski definition) is 5. The van der Waals surface area contributed by atoms with E-state index in [0.717, 1.165) is 17.7 Å². The molecule has 1 aromatic heterocycles. The van der Waals surface area contributed by atoms with Crippen molar-refractivity contribution in [3.05, 3.63) is 72.2 Å². The van der Waals surface area contributed by atoms with Gasteiger partial charge in [0.05, 0.1) is 30.5 Å². The number of aliphatic hydroxyl groups is 1. The van der Waals surface area contributed by atoms with Crippen molar-refractivity contribution < 1.29 is 19.0 Å². The molecule has 162 valence electrons. The topological polar surface area (TPSA) is 89.3 Å². The van der Waals surface area contributed by atoms with Gasteiger partial charge in [-0.15, -0.1) is 5.10 Å². The molecule has 2 aromatic carbocycles. The van der Waals surface area contributed by atoms with Gasteiger partial charge in [-0.25, -0.2) is 4.39 Å². The smallest absolute Gasteiger partial charge is 0.254 e. The molecule has 1 amide bonds. The molecule has 8 heteroatoms. The number of aryl methyl sites for hydroxylation is 1. The van der Waals surface area contributed by atoms with Crippen LogP contribution in [0.1, 0.15) is 29.6 Å². The molecule has 2 heterocycles. The highest BCUT2D eigenvalue weighted by Crippen LogP contribution is 2.23. The van der Waals surface area contributed by atoms with Gasteiger partial charge in [0.25, 0.3) is 5.91 Å². The second-order valence-electron chi connectivity index (χ2n) is 7.64. The lowest BCUT2D eigenvalue weighted by molar-refractivity contribution is -0.0912. The van der Waals surface area contributed by atoms with Crippen molar-refractivity contribution in [3.63, 3.8) is 0 Å². The molecule has 1 fully saturated rings. The molecule has 1 aliphatic rings. The molecule has 3 aromatic rings. The van der Waals surface area contributed by atoms with Crippen LogP contribution in [0, 0.1) is 5.82 Å². The fourth-order valence-corrected chi connectivity index (χ4v) is 3.83. The fraction of sp³-hybridized carbons (Fsp3) is 0.348. The van der Waals surface area contributed by atoms with Crippen LogP contribution in [-0.2, 0) is 11.3 Å². The van der Waals surface area contributed by atoms with Crippen molar-refractivity contribution in [3.8, 4) is 11.3 Å². The summed E-state index contributed by atoms with van der Waals surface area (Å²) in [6.45, 7) is 0.412. The average Bonchev–Trinajstić information content (AvgIpc) is 3.28. The zero-order valence-electron chi connectivity index (χ0n) is 17.0. The van der Waals surface area contributed by atoms with E-state index in [4.69, 9.17) is 4.74 Å². The van der Waals surface area contributed by atoms with E-state index >= 15 is 0 Å². The van der Waals surface area contributed by atoms with Crippen molar-refractivity contribution >= 4 is 5.91 Å². The Bertz CT molecular complexity index is 1010. The van der Waals surface area contributed by atoms with Crippen molar-refractivity contribution in [1.29, 1.82) is 0 Å². The lowest BCUT2D eigenvalue weighted by atomic mass is 9.96. The highest BCUT2D eigenvalue weighted by atomic mass is 19.1. The minimum Gasteiger partial charge on any atom is -0.394 e. The molecule has 0 unspecified atom stereocenters. The molecule has 31 heavy (non-hydrogen) atoms. The maximum absolute atomic E-state index is 13.9. The van der Waals surface area contributed by atoms with Gasteiger partial charge in [0.2, 0.25) is 0 Å². The van der Waals surface area contributed by atoms with Crippen LogP contribution >= 0.6 is 0 Å². The molecule has 1 aliphatic heterocycles. The number of ether oxygens (including phenoxy) is 1. The maximum atomic E-state index is 13.9. The van der Waals surface area contributed by atoms with Gasteiger partial charge >= 0.3 is 0 Å². The normalized spacial score (nSPS) is 21.0. The standard InChI is InChI=1S/C23H25FN4O3/c24-19-9-5-4-8-18(19)23(30)25-20-11-10-17(31-22(20)15-29)12-13-28-14-21(26-27-28)16-6-2-1-3-7-16/h1-9,14,17,20,22,29H,10-13,15H2,(H,25,30)/t17-,20+,22+/m1/s1. The Morgan fingerprint density at radius 1 is 1.16 bits per heavy atom. The maximum Gasteiger partial charge on any atom is 0.254 e. The summed E-state index contributed by atoms with van der Waals surface area (Å²) in [6, 6.07) is 15.3. The van der Waals surface area contributed by atoms with E-state index in [2.05, 4.69) is 15.6 Å². The van der Waals surface area contributed by atoms with E-state index in [1.807, 2.05) is 36.5 Å². The van der Waals surface area contributed by atoms with Crippen LogP contribution < -0.4 is 5.32 Å². The first-order valence-electron chi connectivity index (χ1n) is 10.4. The number of halogens is 1. The van der Waals surface area contributed by atoms with Crippen LogP contribution in [0.5, 0.6) is 0 Å². The lowest BCUT2D eigenvalue weighted by Gasteiger charge is -2.36. The number of benzene rings is 2. The molecule has 0 saturated carbocycles. The summed E-state index contributed by atoms with van der Waals surface area (Å²) in [5, 5.41) is 21.0. The second kappa shape index (κ2) is 9.80. The number of nitrogens with zero attached hydrogens (tertiary/aromatic N) is 3. The molecule has 0 bridgehead atoms. The summed E-state index contributed by atoms with van der Waals surface area (Å²) in [7, 11) is 0. The number of rotatable bonds is 7. The van der Waals surface area contributed by atoms with Crippen LogP contribution in [-0.4, -0.2) is 50.9 Å². The second-order valence-corrected chi connectivity index (χ2v) is 7.64. The Balaban J connectivity index is 1.30. The summed E-state index contributed by atoms with van der Waals surface area (Å²) in [6.07, 6.45) is 3.37. The lowest BCUT2D eigenvalue weighted by Crippen LogP contribution is -2.51. The van der Waals surface area contributed by atoms with Crippen LogP contribution in [0.2, 0.25) is 0 Å². The molecule has 4 rings (SSSR count). The zero-order valence-corrected chi connectivity index (χ0v) is 17.0. The van der Waals surface area contributed by atoms with Gasteiger partial charge < -0.3 is 15.2 Å². The molecule has 1 saturated heterocycles. The summed E-state index contributed by atoms with van der Waals surface area (Å²) in [4.78, 5) is 12.4. The van der Waals surface area contributed by atoms with E-state index in [-0.39, 0.29) is 24.3 Å². The van der Waals surface area contributed by atoms with Gasteiger partial charge in [-0.2, -0.15) is 0 Å². The quantitative estimate of drug-likeness (QED) is 0.609. The van der Waals surface area contributed by atoms with Crippen molar-refractivity contribution in [2.45, 2.75) is 44.1 Å². The summed E-state index contributed by atoms with van der Waals surface area (Å²) < 4.78 is 21.6. The minimum atomic E-state index is -0.571. The van der Waals surface area contributed by atoms with Gasteiger partial charge in [-0.3, -0.25) is 9.48 Å². The van der Waals surface area contributed by atoms with Crippen LogP contribution in [0.3, 0.4) is 0 Å². The molecule has 0 aliphatic carbocycles. The van der Waals surface area contributed by atoms with E-state index in [1.165, 1.54) is 18.2 Å². The van der Waals surface area contributed by atoms with Crippen LogP contribution in [0.4, 0.5) is 4.39 Å². The number of hydrogen-bond donors (Lipinski definition) is 2. The summed E-state index contributed by atoms with van der Waals surface area (Å²) >= 11 is 0. The zero-order chi connectivity index (χ0) is 21.6. The van der Waals surface area contributed by atoms with Crippen molar-refractivity contribution in [2.75, 3.05) is 6.61 Å². The minimum absolute atomic E-state index is 0.0123. The molecule has 0 spiro atoms. The predicted octanol–water partition coefficient (Wildman–Crippen LogP) is 2.81. The van der Waals surface area contributed by atoms with E-state index < -0.39 is 17.8 Å². The first kappa shape index (κ1) is 21.1. The van der Waals surface area contributed by atoms with Crippen molar-refractivity contribution in [1.82, 2.24) is 20.3 Å². The van der Waals surface area contributed by atoms with Gasteiger partial charge in [-0.05, 0) is 31.4 Å². The van der Waals surface area contributed by atoms with E-state index in [1.54, 1.807) is 10.7 Å². The number of carbonyl (C=O) groups excluding carboxylic acids is 1. The SMILES string of the molecule is O=C(N[C@H]1CC[C@H](CCn2cc(-c3ccccc3)nn2)O[C@H]1CO)c1ccccc1F. The van der Waals surface area contributed by atoms with Gasteiger partial charge in [0, 0.05) is 12.1 Å². The number of amides is 1. The van der Waals surface area contributed by atoms with Gasteiger partial charge in [-0.1, -0.05) is 47.7 Å². The summed E-state index contributed by atoms with van der Waals surface area (Å²) in [5.41, 5.74) is 1.81. The third-order valence-corrected chi connectivity index (χ3v) is 5.52. The van der Waals surface area contributed by atoms with Crippen molar-refractivity contribution in [2.24, 2.45) is 0 Å². The predicted molar refractivity (Wildman–Crippen MR) is 113 cm³/mol. The third-order valence-electron chi connectivity index (χ3n) is 5.52. The Morgan fingerprint density at radius 3 is 2.71 bits per heavy atom. The summed E-state index contributed by atoms with van der Waals surface area (Å²) in [5.74, 6) is -1.07. The van der Waals surface area contributed by atoms with E-state index in [0.29, 0.717) is 19.4 Å². The number of nitrogens with one attached hydrogen (secondary N) is 1. The number of aliphatic hydroxyl groups excluding tert-OH is 1. The average molecular weight is 424 g/mol. The Labute approximate surface area is 179 Å². The largest absolute Gasteiger partial charge is 0.394 e.